The lowest BCUT2D eigenvalue weighted by molar-refractivity contribution is 0.0733. The molecule has 1 N–H and O–H groups in total. The molecule has 2 heterocycles. The number of aromatic nitrogens is 1. The summed E-state index contributed by atoms with van der Waals surface area (Å²) in [5.74, 6) is 0.532. The van der Waals surface area contributed by atoms with Crippen LogP contribution in [0.25, 0.3) is 0 Å². The van der Waals surface area contributed by atoms with E-state index in [1.54, 1.807) is 18.9 Å². The maximum absolute atomic E-state index is 12.9. The van der Waals surface area contributed by atoms with Crippen molar-refractivity contribution >= 4 is 21.8 Å². The standard InChI is InChI=1S/C18H19BrN2O3/c1-11-16(19)17(22)14(10-20-11)18(23)21-8-4-7-15(21)12-5-3-6-13(9-12)24-2/h3,5-6,9-10,15H,4,7-8H2,1-2H3,(H,20,22)/t15-/m1/s1. The van der Waals surface area contributed by atoms with E-state index >= 15 is 0 Å². The van der Waals surface area contributed by atoms with Gasteiger partial charge in [0, 0.05) is 18.4 Å². The Morgan fingerprint density at radius 3 is 2.96 bits per heavy atom. The Hall–Kier alpha value is -2.08. The third-order valence-corrected chi connectivity index (χ3v) is 5.38. The zero-order valence-corrected chi connectivity index (χ0v) is 15.2. The minimum Gasteiger partial charge on any atom is -0.497 e. The fourth-order valence-electron chi connectivity index (χ4n) is 3.12. The van der Waals surface area contributed by atoms with E-state index in [4.69, 9.17) is 4.74 Å². The maximum Gasteiger partial charge on any atom is 0.259 e. The SMILES string of the molecule is COc1cccc([C@H]2CCCN2C(=O)c2c[nH]c(C)c(Br)c2=O)c1. The second-order valence-corrected chi connectivity index (χ2v) is 6.70. The van der Waals surface area contributed by atoms with Crippen molar-refractivity contribution in [2.45, 2.75) is 25.8 Å². The first-order chi connectivity index (χ1) is 11.5. The molecule has 3 rings (SSSR count). The smallest absolute Gasteiger partial charge is 0.259 e. The second-order valence-electron chi connectivity index (χ2n) is 5.90. The summed E-state index contributed by atoms with van der Waals surface area (Å²) in [6.07, 6.45) is 3.30. The van der Waals surface area contributed by atoms with E-state index in [1.807, 2.05) is 24.3 Å². The van der Waals surface area contributed by atoms with Crippen LogP contribution in [0.2, 0.25) is 0 Å². The summed E-state index contributed by atoms with van der Waals surface area (Å²) in [5, 5.41) is 0. The van der Waals surface area contributed by atoms with Crippen molar-refractivity contribution in [3.05, 3.63) is 62.0 Å². The number of nitrogens with zero attached hydrogens (tertiary/aromatic N) is 1. The Bertz CT molecular complexity index is 831. The van der Waals surface area contributed by atoms with Crippen molar-refractivity contribution < 1.29 is 9.53 Å². The first-order valence-electron chi connectivity index (χ1n) is 7.85. The molecule has 1 saturated heterocycles. The quantitative estimate of drug-likeness (QED) is 0.872. The van der Waals surface area contributed by atoms with Crippen LogP contribution in [0.4, 0.5) is 0 Å². The molecule has 0 saturated carbocycles. The molecule has 1 aliphatic heterocycles. The third-order valence-electron chi connectivity index (χ3n) is 4.43. The summed E-state index contributed by atoms with van der Waals surface area (Å²) >= 11 is 3.25. The monoisotopic (exact) mass is 390 g/mol. The van der Waals surface area contributed by atoms with E-state index in [0.717, 1.165) is 24.2 Å². The molecule has 0 spiro atoms. The Labute approximate surface area is 148 Å². The molecule has 1 aliphatic rings. The lowest BCUT2D eigenvalue weighted by Crippen LogP contribution is -2.34. The first kappa shape index (κ1) is 16.8. The number of aromatic amines is 1. The summed E-state index contributed by atoms with van der Waals surface area (Å²) in [6, 6.07) is 7.71. The van der Waals surface area contributed by atoms with E-state index in [9.17, 15) is 9.59 Å². The van der Waals surface area contributed by atoms with Crippen molar-refractivity contribution in [1.29, 1.82) is 0 Å². The van der Waals surface area contributed by atoms with Crippen LogP contribution >= 0.6 is 15.9 Å². The molecular weight excluding hydrogens is 372 g/mol. The molecule has 0 unspecified atom stereocenters. The van der Waals surface area contributed by atoms with Gasteiger partial charge in [-0.25, -0.2) is 0 Å². The third kappa shape index (κ3) is 2.98. The van der Waals surface area contributed by atoms with Crippen molar-refractivity contribution in [3.63, 3.8) is 0 Å². The van der Waals surface area contributed by atoms with E-state index in [0.29, 0.717) is 16.7 Å². The Kier molecular flexibility index (Phi) is 4.76. The molecule has 0 radical (unpaired) electrons. The zero-order valence-electron chi connectivity index (χ0n) is 13.6. The van der Waals surface area contributed by atoms with Gasteiger partial charge in [-0.3, -0.25) is 9.59 Å². The number of pyridine rings is 1. The van der Waals surface area contributed by atoms with Crippen molar-refractivity contribution in [1.82, 2.24) is 9.88 Å². The molecule has 2 aromatic rings. The molecule has 24 heavy (non-hydrogen) atoms. The van der Waals surface area contributed by atoms with Crippen LogP contribution in [-0.2, 0) is 0 Å². The number of halogens is 1. The number of hydrogen-bond acceptors (Lipinski definition) is 3. The number of benzene rings is 1. The summed E-state index contributed by atoms with van der Waals surface area (Å²) in [5.41, 5.74) is 1.64. The van der Waals surface area contributed by atoms with Gasteiger partial charge in [-0.2, -0.15) is 0 Å². The highest BCUT2D eigenvalue weighted by molar-refractivity contribution is 9.10. The molecule has 1 atom stereocenters. The van der Waals surface area contributed by atoms with Crippen LogP contribution in [0.1, 0.15) is 40.5 Å². The van der Waals surface area contributed by atoms with E-state index < -0.39 is 0 Å². The van der Waals surface area contributed by atoms with Gasteiger partial charge in [-0.1, -0.05) is 12.1 Å². The number of hydrogen-bond donors (Lipinski definition) is 1. The van der Waals surface area contributed by atoms with Crippen molar-refractivity contribution in [2.24, 2.45) is 0 Å². The number of likely N-dealkylation sites (tertiary alicyclic amines) is 1. The van der Waals surface area contributed by atoms with Gasteiger partial charge < -0.3 is 14.6 Å². The second kappa shape index (κ2) is 6.81. The molecule has 0 bridgehead atoms. The molecule has 1 fully saturated rings. The molecule has 1 aromatic heterocycles. The van der Waals surface area contributed by atoms with Crippen LogP contribution in [0.15, 0.2) is 39.7 Å². The number of nitrogens with one attached hydrogen (secondary N) is 1. The Morgan fingerprint density at radius 1 is 1.42 bits per heavy atom. The molecular formula is C18H19BrN2O3. The van der Waals surface area contributed by atoms with Gasteiger partial charge in [0.05, 0.1) is 17.6 Å². The average Bonchev–Trinajstić information content (AvgIpc) is 3.09. The average molecular weight is 391 g/mol. The molecule has 6 heteroatoms. The zero-order chi connectivity index (χ0) is 17.3. The normalized spacial score (nSPS) is 17.1. The van der Waals surface area contributed by atoms with E-state index in [-0.39, 0.29) is 22.9 Å². The summed E-state index contributed by atoms with van der Waals surface area (Å²) in [6.45, 7) is 2.43. The van der Waals surface area contributed by atoms with Crippen LogP contribution in [0, 0.1) is 6.92 Å². The predicted octanol–water partition coefficient (Wildman–Crippen LogP) is 3.43. The van der Waals surface area contributed by atoms with Crippen LogP contribution in [-0.4, -0.2) is 29.4 Å². The largest absolute Gasteiger partial charge is 0.497 e. The summed E-state index contributed by atoms with van der Waals surface area (Å²) in [4.78, 5) is 30.1. The van der Waals surface area contributed by atoms with Gasteiger partial charge in [-0.15, -0.1) is 0 Å². The molecule has 5 nitrogen and oxygen atoms in total. The minimum atomic E-state index is -0.271. The lowest BCUT2D eigenvalue weighted by atomic mass is 10.0. The van der Waals surface area contributed by atoms with Gasteiger partial charge in [-0.05, 0) is 53.4 Å². The Balaban J connectivity index is 1.94. The van der Waals surface area contributed by atoms with Gasteiger partial charge in [0.15, 0.2) is 0 Å². The number of aryl methyl sites for hydroxylation is 1. The predicted molar refractivity (Wildman–Crippen MR) is 95.5 cm³/mol. The molecule has 1 aromatic carbocycles. The number of ether oxygens (including phenoxy) is 1. The summed E-state index contributed by atoms with van der Waals surface area (Å²) < 4.78 is 5.69. The highest BCUT2D eigenvalue weighted by Crippen LogP contribution is 2.34. The van der Waals surface area contributed by atoms with Crippen LogP contribution < -0.4 is 10.2 Å². The number of methoxy groups -OCH3 is 1. The first-order valence-corrected chi connectivity index (χ1v) is 8.65. The van der Waals surface area contributed by atoms with E-state index in [2.05, 4.69) is 20.9 Å². The number of H-pyrrole nitrogens is 1. The molecule has 1 amide bonds. The number of carbonyl (C=O) groups excluding carboxylic acids is 1. The fraction of sp³-hybridized carbons (Fsp3) is 0.333. The molecule has 0 aliphatic carbocycles. The topological polar surface area (TPSA) is 62.4 Å². The lowest BCUT2D eigenvalue weighted by Gasteiger charge is -2.25. The number of carbonyl (C=O) groups is 1. The fourth-order valence-corrected chi connectivity index (χ4v) is 3.44. The van der Waals surface area contributed by atoms with Gasteiger partial charge >= 0.3 is 0 Å². The van der Waals surface area contributed by atoms with Crippen molar-refractivity contribution in [3.8, 4) is 5.75 Å². The Morgan fingerprint density at radius 2 is 2.21 bits per heavy atom. The van der Waals surface area contributed by atoms with Gasteiger partial charge in [0.1, 0.15) is 11.3 Å². The number of rotatable bonds is 3. The van der Waals surface area contributed by atoms with Crippen LogP contribution in [0.3, 0.4) is 0 Å². The van der Waals surface area contributed by atoms with Gasteiger partial charge in [0.2, 0.25) is 5.43 Å². The number of amides is 1. The van der Waals surface area contributed by atoms with Gasteiger partial charge in [0.25, 0.3) is 5.91 Å². The highest BCUT2D eigenvalue weighted by atomic mass is 79.9. The highest BCUT2D eigenvalue weighted by Gasteiger charge is 2.32. The minimum absolute atomic E-state index is 0.0351. The van der Waals surface area contributed by atoms with Crippen LogP contribution in [0.5, 0.6) is 5.75 Å². The molecule has 126 valence electrons. The maximum atomic E-state index is 12.9. The van der Waals surface area contributed by atoms with Crippen molar-refractivity contribution in [2.75, 3.05) is 13.7 Å². The summed E-state index contributed by atoms with van der Waals surface area (Å²) in [7, 11) is 1.63. The van der Waals surface area contributed by atoms with E-state index in [1.165, 1.54) is 6.20 Å².